The summed E-state index contributed by atoms with van der Waals surface area (Å²) in [5, 5.41) is 6.81. The van der Waals surface area contributed by atoms with Gasteiger partial charge in [0.15, 0.2) is 5.11 Å². The standard InChI is InChI=1S/C17H13ClN4OS/c18-12-8-6-11(7-9-12)15-13-14(10-4-2-1-3-5-10)21-23-16(13)20-22(15)17(19)24/h1-9,15,20H,(H2,19,24). The zero-order valence-electron chi connectivity index (χ0n) is 12.4. The number of nitrogens with two attached hydrogens (primary N) is 1. The van der Waals surface area contributed by atoms with Crippen LogP contribution in [0.2, 0.25) is 5.02 Å². The highest BCUT2D eigenvalue weighted by atomic mass is 35.5. The highest BCUT2D eigenvalue weighted by Gasteiger charge is 2.39. The number of hydrogen-bond donors (Lipinski definition) is 2. The van der Waals surface area contributed by atoms with Gasteiger partial charge in [-0.3, -0.25) is 5.43 Å². The van der Waals surface area contributed by atoms with E-state index >= 15 is 0 Å². The van der Waals surface area contributed by atoms with Crippen LogP contribution in [0.5, 0.6) is 0 Å². The van der Waals surface area contributed by atoms with Gasteiger partial charge in [0.2, 0.25) is 5.88 Å². The second-order valence-corrected chi connectivity index (χ2v) is 6.27. The SMILES string of the molecule is NC(=S)N1Nc2onc(-c3ccccc3)c2C1c1ccc(Cl)cc1. The maximum Gasteiger partial charge on any atom is 0.249 e. The van der Waals surface area contributed by atoms with Crippen molar-refractivity contribution in [2.24, 2.45) is 5.73 Å². The van der Waals surface area contributed by atoms with E-state index in [9.17, 15) is 0 Å². The smallest absolute Gasteiger partial charge is 0.249 e. The quantitative estimate of drug-likeness (QED) is 0.677. The summed E-state index contributed by atoms with van der Waals surface area (Å²) in [6, 6.07) is 17.2. The van der Waals surface area contributed by atoms with Crippen molar-refractivity contribution >= 4 is 34.8 Å². The number of nitrogens with one attached hydrogen (secondary N) is 1. The normalized spacial score (nSPS) is 15.9. The Morgan fingerprint density at radius 1 is 1.17 bits per heavy atom. The van der Waals surface area contributed by atoms with Crippen LogP contribution in [0, 0.1) is 0 Å². The van der Waals surface area contributed by atoms with Gasteiger partial charge in [0.05, 0.1) is 5.56 Å². The summed E-state index contributed by atoms with van der Waals surface area (Å²) in [5.41, 5.74) is 12.6. The Labute approximate surface area is 149 Å². The van der Waals surface area contributed by atoms with Crippen molar-refractivity contribution in [1.82, 2.24) is 10.2 Å². The van der Waals surface area contributed by atoms with Gasteiger partial charge in [0.1, 0.15) is 11.7 Å². The molecule has 7 heteroatoms. The van der Waals surface area contributed by atoms with E-state index in [1.54, 1.807) is 5.01 Å². The van der Waals surface area contributed by atoms with Gasteiger partial charge in [-0.15, -0.1) is 0 Å². The summed E-state index contributed by atoms with van der Waals surface area (Å²) in [5.74, 6) is 0.543. The van der Waals surface area contributed by atoms with Crippen LogP contribution in [0.1, 0.15) is 17.2 Å². The maximum absolute atomic E-state index is 6.01. The molecule has 3 N–H and O–H groups in total. The lowest BCUT2D eigenvalue weighted by Crippen LogP contribution is -2.39. The first kappa shape index (κ1) is 15.0. The number of thiocarbonyl (C=S) groups is 1. The van der Waals surface area contributed by atoms with Gasteiger partial charge < -0.3 is 10.3 Å². The highest BCUT2D eigenvalue weighted by Crippen LogP contribution is 2.44. The van der Waals surface area contributed by atoms with Gasteiger partial charge in [-0.1, -0.05) is 59.2 Å². The number of nitrogens with zero attached hydrogens (tertiary/aromatic N) is 2. The van der Waals surface area contributed by atoms with Crippen molar-refractivity contribution in [3.63, 3.8) is 0 Å². The first-order valence-corrected chi connectivity index (χ1v) is 8.09. The van der Waals surface area contributed by atoms with E-state index in [0.29, 0.717) is 10.9 Å². The van der Waals surface area contributed by atoms with Gasteiger partial charge in [-0.05, 0) is 29.9 Å². The molecule has 1 aliphatic heterocycles. The fraction of sp³-hybridized carbons (Fsp3) is 0.0588. The molecule has 1 aliphatic rings. The van der Waals surface area contributed by atoms with E-state index in [0.717, 1.165) is 22.4 Å². The van der Waals surface area contributed by atoms with Gasteiger partial charge in [-0.2, -0.15) is 0 Å². The number of hydrazine groups is 1. The molecule has 2 heterocycles. The van der Waals surface area contributed by atoms with E-state index in [1.807, 2.05) is 54.6 Å². The van der Waals surface area contributed by atoms with E-state index in [-0.39, 0.29) is 11.2 Å². The van der Waals surface area contributed by atoms with E-state index < -0.39 is 0 Å². The van der Waals surface area contributed by atoms with Crippen molar-refractivity contribution in [3.8, 4) is 11.3 Å². The Hall–Kier alpha value is -2.57. The molecule has 0 radical (unpaired) electrons. The lowest BCUT2D eigenvalue weighted by molar-refractivity contribution is 0.400. The average Bonchev–Trinajstić information content (AvgIpc) is 3.15. The van der Waals surface area contributed by atoms with Crippen molar-refractivity contribution in [1.29, 1.82) is 0 Å². The van der Waals surface area contributed by atoms with Crippen LogP contribution in [0.3, 0.4) is 0 Å². The van der Waals surface area contributed by atoms with E-state index in [2.05, 4.69) is 10.6 Å². The molecule has 3 aromatic rings. The summed E-state index contributed by atoms with van der Waals surface area (Å²) in [4.78, 5) is 0. The van der Waals surface area contributed by atoms with Crippen molar-refractivity contribution < 1.29 is 4.52 Å². The molecule has 24 heavy (non-hydrogen) atoms. The van der Waals surface area contributed by atoms with Crippen LogP contribution < -0.4 is 11.2 Å². The molecule has 0 bridgehead atoms. The Morgan fingerprint density at radius 3 is 2.54 bits per heavy atom. The third kappa shape index (κ3) is 2.40. The molecule has 120 valence electrons. The highest BCUT2D eigenvalue weighted by molar-refractivity contribution is 7.80. The first-order valence-electron chi connectivity index (χ1n) is 7.31. The minimum absolute atomic E-state index is 0.223. The lowest BCUT2D eigenvalue weighted by Gasteiger charge is -2.25. The number of benzene rings is 2. The Balaban J connectivity index is 1.87. The number of halogens is 1. The molecule has 0 amide bonds. The second-order valence-electron chi connectivity index (χ2n) is 5.41. The topological polar surface area (TPSA) is 67.3 Å². The Morgan fingerprint density at radius 2 is 1.88 bits per heavy atom. The first-order chi connectivity index (χ1) is 11.6. The van der Waals surface area contributed by atoms with Crippen LogP contribution >= 0.6 is 23.8 Å². The third-order valence-corrected chi connectivity index (χ3v) is 4.40. The molecule has 0 saturated carbocycles. The summed E-state index contributed by atoms with van der Waals surface area (Å²) in [6.45, 7) is 0. The fourth-order valence-electron chi connectivity index (χ4n) is 2.88. The molecular weight excluding hydrogens is 344 g/mol. The van der Waals surface area contributed by atoms with E-state index in [4.69, 9.17) is 34.1 Å². The number of aromatic nitrogens is 1. The average molecular weight is 357 g/mol. The van der Waals surface area contributed by atoms with Crippen molar-refractivity contribution in [3.05, 3.63) is 70.7 Å². The maximum atomic E-state index is 6.01. The zero-order chi connectivity index (χ0) is 16.7. The van der Waals surface area contributed by atoms with Crippen LogP contribution in [-0.2, 0) is 0 Å². The molecule has 0 aliphatic carbocycles. The molecule has 5 nitrogen and oxygen atoms in total. The van der Waals surface area contributed by atoms with Crippen LogP contribution in [0.15, 0.2) is 59.1 Å². The number of rotatable bonds is 2. The number of anilines is 1. The Kier molecular flexibility index (Phi) is 3.63. The van der Waals surface area contributed by atoms with Gasteiger partial charge in [0.25, 0.3) is 0 Å². The van der Waals surface area contributed by atoms with Gasteiger partial charge in [0, 0.05) is 10.6 Å². The van der Waals surface area contributed by atoms with Crippen molar-refractivity contribution in [2.75, 3.05) is 5.43 Å². The lowest BCUT2D eigenvalue weighted by atomic mass is 9.96. The summed E-state index contributed by atoms with van der Waals surface area (Å²) >= 11 is 11.2. The monoisotopic (exact) mass is 356 g/mol. The second kappa shape index (κ2) is 5.81. The van der Waals surface area contributed by atoms with Crippen LogP contribution in [0.25, 0.3) is 11.3 Å². The van der Waals surface area contributed by atoms with Crippen molar-refractivity contribution in [2.45, 2.75) is 6.04 Å². The molecule has 0 spiro atoms. The minimum atomic E-state index is -0.240. The summed E-state index contributed by atoms with van der Waals surface area (Å²) in [6.07, 6.45) is 0. The number of fused-ring (bicyclic) bond motifs is 1. The molecule has 2 aromatic carbocycles. The van der Waals surface area contributed by atoms with Gasteiger partial charge in [-0.25, -0.2) is 5.01 Å². The third-order valence-electron chi connectivity index (χ3n) is 3.95. The predicted molar refractivity (Wildman–Crippen MR) is 97.5 cm³/mol. The molecule has 1 unspecified atom stereocenters. The molecule has 4 rings (SSSR count). The summed E-state index contributed by atoms with van der Waals surface area (Å²) < 4.78 is 5.47. The number of hydrogen-bond acceptors (Lipinski definition) is 4. The Bertz CT molecular complexity index is 895. The molecule has 1 aromatic heterocycles. The van der Waals surface area contributed by atoms with E-state index in [1.165, 1.54) is 0 Å². The zero-order valence-corrected chi connectivity index (χ0v) is 14.0. The molecule has 1 atom stereocenters. The molecular formula is C17H13ClN4OS. The van der Waals surface area contributed by atoms with Crippen LogP contribution in [-0.4, -0.2) is 15.3 Å². The van der Waals surface area contributed by atoms with Gasteiger partial charge >= 0.3 is 0 Å². The molecule has 0 fully saturated rings. The summed E-state index contributed by atoms with van der Waals surface area (Å²) in [7, 11) is 0. The van der Waals surface area contributed by atoms with Crippen LogP contribution in [0.4, 0.5) is 5.88 Å². The largest absolute Gasteiger partial charge is 0.375 e. The fourth-order valence-corrected chi connectivity index (χ4v) is 3.16. The minimum Gasteiger partial charge on any atom is -0.375 e. The predicted octanol–water partition coefficient (Wildman–Crippen LogP) is 3.97. The molecule has 0 saturated heterocycles.